The zero-order valence-corrected chi connectivity index (χ0v) is 14.7. The number of phenolic OH excluding ortho intramolecular Hbond substituents is 1. The third kappa shape index (κ3) is 2.92. The number of rotatable bonds is 2. The van der Waals surface area contributed by atoms with E-state index in [2.05, 4.69) is 0 Å². The summed E-state index contributed by atoms with van der Waals surface area (Å²) in [7, 11) is 0. The summed E-state index contributed by atoms with van der Waals surface area (Å²) in [4.78, 5) is 15.1. The highest BCUT2D eigenvalue weighted by molar-refractivity contribution is 8.27. The standard InChI is InChI=1S/C20H13NO2S2/c22-15-8-3-5-13(11-15)12-18-19(23)21(20(24)25-18)17-10-4-7-14-6-1-2-9-16(14)17/h1-12,22H/b18-12+. The molecular weight excluding hydrogens is 350 g/mol. The molecule has 25 heavy (non-hydrogen) atoms. The highest BCUT2D eigenvalue weighted by Gasteiger charge is 2.34. The Morgan fingerprint density at radius 1 is 1.00 bits per heavy atom. The van der Waals surface area contributed by atoms with E-state index in [9.17, 15) is 9.90 Å². The predicted molar refractivity (Wildman–Crippen MR) is 108 cm³/mol. The van der Waals surface area contributed by atoms with Gasteiger partial charge in [0, 0.05) is 5.39 Å². The molecule has 1 amide bonds. The molecule has 0 aromatic heterocycles. The molecule has 3 nitrogen and oxygen atoms in total. The van der Waals surface area contributed by atoms with E-state index >= 15 is 0 Å². The van der Waals surface area contributed by atoms with Gasteiger partial charge in [0.05, 0.1) is 10.6 Å². The molecule has 122 valence electrons. The van der Waals surface area contributed by atoms with Crippen molar-refractivity contribution in [2.24, 2.45) is 0 Å². The average molecular weight is 363 g/mol. The van der Waals surface area contributed by atoms with Gasteiger partial charge in [-0.2, -0.15) is 0 Å². The van der Waals surface area contributed by atoms with Crippen LogP contribution in [0.2, 0.25) is 0 Å². The smallest absolute Gasteiger partial charge is 0.270 e. The topological polar surface area (TPSA) is 40.5 Å². The summed E-state index contributed by atoms with van der Waals surface area (Å²) in [6.07, 6.45) is 1.75. The SMILES string of the molecule is O=C1/C(=C\c2cccc(O)c2)SC(=S)N1c1cccc2ccccc12. The van der Waals surface area contributed by atoms with Crippen LogP contribution in [0.1, 0.15) is 5.56 Å². The molecule has 0 radical (unpaired) electrons. The van der Waals surface area contributed by atoms with E-state index in [0.29, 0.717) is 9.23 Å². The third-order valence-corrected chi connectivity index (χ3v) is 5.27. The van der Waals surface area contributed by atoms with Crippen molar-refractivity contribution in [1.82, 2.24) is 0 Å². The van der Waals surface area contributed by atoms with Crippen molar-refractivity contribution < 1.29 is 9.90 Å². The van der Waals surface area contributed by atoms with Gasteiger partial charge in [-0.05, 0) is 35.2 Å². The number of aromatic hydroxyl groups is 1. The number of amides is 1. The van der Waals surface area contributed by atoms with Crippen LogP contribution in [0.4, 0.5) is 5.69 Å². The number of fused-ring (bicyclic) bond motifs is 1. The first kappa shape index (κ1) is 15.9. The van der Waals surface area contributed by atoms with E-state index in [1.54, 1.807) is 29.2 Å². The van der Waals surface area contributed by atoms with E-state index < -0.39 is 0 Å². The van der Waals surface area contributed by atoms with Crippen LogP contribution in [-0.4, -0.2) is 15.3 Å². The predicted octanol–water partition coefficient (Wildman–Crippen LogP) is 4.95. The van der Waals surface area contributed by atoms with Crippen molar-refractivity contribution in [1.29, 1.82) is 0 Å². The second-order valence-electron chi connectivity index (χ2n) is 5.61. The molecule has 1 fully saturated rings. The van der Waals surface area contributed by atoms with Gasteiger partial charge in [-0.15, -0.1) is 0 Å². The van der Waals surface area contributed by atoms with Crippen LogP contribution in [0.15, 0.2) is 71.6 Å². The minimum absolute atomic E-state index is 0.144. The van der Waals surface area contributed by atoms with Gasteiger partial charge in [-0.1, -0.05) is 72.5 Å². The summed E-state index contributed by atoms with van der Waals surface area (Å²) in [6.45, 7) is 0. The van der Waals surface area contributed by atoms with Crippen LogP contribution < -0.4 is 4.90 Å². The summed E-state index contributed by atoms with van der Waals surface area (Å²) in [5, 5.41) is 11.6. The van der Waals surface area contributed by atoms with Gasteiger partial charge >= 0.3 is 0 Å². The Hall–Kier alpha value is -2.63. The lowest BCUT2D eigenvalue weighted by molar-refractivity contribution is -0.113. The van der Waals surface area contributed by atoms with Gasteiger partial charge in [-0.25, -0.2) is 0 Å². The quantitative estimate of drug-likeness (QED) is 0.516. The first-order chi connectivity index (χ1) is 12.1. The van der Waals surface area contributed by atoms with Crippen LogP contribution >= 0.6 is 24.0 Å². The van der Waals surface area contributed by atoms with Gasteiger partial charge in [0.1, 0.15) is 5.75 Å². The maximum Gasteiger partial charge on any atom is 0.270 e. The molecule has 1 aliphatic rings. The number of phenols is 1. The number of carbonyl (C=O) groups excluding carboxylic acids is 1. The summed E-state index contributed by atoms with van der Waals surface area (Å²) in [5.74, 6) is 0.0213. The van der Waals surface area contributed by atoms with Gasteiger partial charge in [0.25, 0.3) is 5.91 Å². The minimum Gasteiger partial charge on any atom is -0.508 e. The summed E-state index contributed by atoms with van der Waals surface area (Å²) in [5.41, 5.74) is 1.55. The molecule has 4 rings (SSSR count). The first-order valence-corrected chi connectivity index (χ1v) is 8.91. The Morgan fingerprint density at radius 3 is 2.60 bits per heavy atom. The van der Waals surface area contributed by atoms with Crippen LogP contribution in [0, 0.1) is 0 Å². The van der Waals surface area contributed by atoms with Crippen LogP contribution in [0.3, 0.4) is 0 Å². The lowest BCUT2D eigenvalue weighted by atomic mass is 10.1. The molecule has 0 atom stereocenters. The van der Waals surface area contributed by atoms with E-state index in [4.69, 9.17) is 12.2 Å². The number of anilines is 1. The molecule has 0 bridgehead atoms. The fraction of sp³-hybridized carbons (Fsp3) is 0. The van der Waals surface area contributed by atoms with Gasteiger partial charge in [0.2, 0.25) is 0 Å². The number of carbonyl (C=O) groups is 1. The maximum atomic E-state index is 12.9. The molecule has 3 aromatic rings. The van der Waals surface area contributed by atoms with Crippen molar-refractivity contribution in [2.45, 2.75) is 0 Å². The van der Waals surface area contributed by atoms with Gasteiger partial charge in [-0.3, -0.25) is 9.69 Å². The number of benzene rings is 3. The van der Waals surface area contributed by atoms with E-state index in [1.165, 1.54) is 11.8 Å². The molecule has 0 saturated carbocycles. The molecule has 3 aromatic carbocycles. The molecule has 0 spiro atoms. The van der Waals surface area contributed by atoms with Gasteiger partial charge < -0.3 is 5.11 Å². The monoisotopic (exact) mass is 363 g/mol. The number of hydrogen-bond acceptors (Lipinski definition) is 4. The molecule has 1 N–H and O–H groups in total. The van der Waals surface area contributed by atoms with Crippen LogP contribution in [0.5, 0.6) is 5.75 Å². The van der Waals surface area contributed by atoms with Crippen molar-refractivity contribution in [3.63, 3.8) is 0 Å². The van der Waals surface area contributed by atoms with E-state index in [1.807, 2.05) is 48.5 Å². The van der Waals surface area contributed by atoms with Crippen molar-refractivity contribution in [2.75, 3.05) is 4.90 Å². The number of thioether (sulfide) groups is 1. The molecule has 1 saturated heterocycles. The second kappa shape index (κ2) is 6.35. The van der Waals surface area contributed by atoms with Crippen molar-refractivity contribution in [3.05, 3.63) is 77.2 Å². The Kier molecular flexibility index (Phi) is 4.03. The molecular formula is C20H13NO2S2. The first-order valence-electron chi connectivity index (χ1n) is 7.68. The maximum absolute atomic E-state index is 12.9. The lowest BCUT2D eigenvalue weighted by Gasteiger charge is -2.17. The number of nitrogens with zero attached hydrogens (tertiary/aromatic N) is 1. The van der Waals surface area contributed by atoms with Crippen molar-refractivity contribution in [3.8, 4) is 5.75 Å². The normalized spacial score (nSPS) is 16.2. The van der Waals surface area contributed by atoms with Crippen LogP contribution in [-0.2, 0) is 4.79 Å². The summed E-state index contributed by atoms with van der Waals surface area (Å²) >= 11 is 6.73. The fourth-order valence-corrected chi connectivity index (χ4v) is 4.13. The molecule has 0 unspecified atom stereocenters. The Bertz CT molecular complexity index is 1040. The largest absolute Gasteiger partial charge is 0.508 e. The minimum atomic E-state index is -0.144. The molecule has 5 heteroatoms. The molecule has 1 aliphatic heterocycles. The highest BCUT2D eigenvalue weighted by atomic mass is 32.2. The second-order valence-corrected chi connectivity index (χ2v) is 7.29. The lowest BCUT2D eigenvalue weighted by Crippen LogP contribution is -2.27. The number of hydrogen-bond donors (Lipinski definition) is 1. The number of thiocarbonyl (C=S) groups is 1. The summed E-state index contributed by atoms with van der Waals surface area (Å²) in [6, 6.07) is 20.6. The molecule has 0 aliphatic carbocycles. The average Bonchev–Trinajstić information content (AvgIpc) is 2.88. The third-order valence-electron chi connectivity index (χ3n) is 3.97. The van der Waals surface area contributed by atoms with Crippen LogP contribution in [0.25, 0.3) is 16.8 Å². The Labute approximate surface area is 154 Å². The Morgan fingerprint density at radius 2 is 1.76 bits per heavy atom. The summed E-state index contributed by atoms with van der Waals surface area (Å²) < 4.78 is 0.507. The zero-order chi connectivity index (χ0) is 17.4. The Balaban J connectivity index is 1.77. The molecule has 1 heterocycles. The van der Waals surface area contributed by atoms with Gasteiger partial charge in [0.15, 0.2) is 4.32 Å². The zero-order valence-electron chi connectivity index (χ0n) is 13.0. The fourth-order valence-electron chi connectivity index (χ4n) is 2.84. The highest BCUT2D eigenvalue weighted by Crippen LogP contribution is 2.38. The van der Waals surface area contributed by atoms with Crippen molar-refractivity contribution >= 4 is 56.7 Å². The van der Waals surface area contributed by atoms with E-state index in [0.717, 1.165) is 22.0 Å². The van der Waals surface area contributed by atoms with E-state index in [-0.39, 0.29) is 11.7 Å².